The topological polar surface area (TPSA) is 121 Å². The first kappa shape index (κ1) is 19.8. The fraction of sp³-hybridized carbons (Fsp3) is 0.190. The molecule has 2 aromatic carbocycles. The van der Waals surface area contributed by atoms with Crippen LogP contribution in [0.2, 0.25) is 0 Å². The van der Waals surface area contributed by atoms with Crippen LogP contribution in [0.1, 0.15) is 30.9 Å². The molecule has 3 aromatic rings. The second kappa shape index (κ2) is 8.80. The summed E-state index contributed by atoms with van der Waals surface area (Å²) in [5.74, 6) is 0.492. The molecule has 0 aliphatic carbocycles. The predicted molar refractivity (Wildman–Crippen MR) is 110 cm³/mol. The van der Waals surface area contributed by atoms with Crippen LogP contribution in [0.15, 0.2) is 48.5 Å². The van der Waals surface area contributed by atoms with Gasteiger partial charge in [0.15, 0.2) is 0 Å². The lowest BCUT2D eigenvalue weighted by molar-refractivity contribution is -0.384. The Hall–Kier alpha value is -3.99. The van der Waals surface area contributed by atoms with E-state index in [-0.39, 0.29) is 11.6 Å². The summed E-state index contributed by atoms with van der Waals surface area (Å²) in [6.45, 7) is 2.42. The first-order chi connectivity index (χ1) is 14.0. The van der Waals surface area contributed by atoms with Gasteiger partial charge in [-0.1, -0.05) is 19.1 Å². The van der Waals surface area contributed by atoms with Crippen molar-refractivity contribution in [3.8, 4) is 6.07 Å². The van der Waals surface area contributed by atoms with Gasteiger partial charge in [0, 0.05) is 36.2 Å². The van der Waals surface area contributed by atoms with Crippen molar-refractivity contribution < 1.29 is 9.72 Å². The molecular weight excluding hydrogens is 370 g/mol. The molecular formula is C21H19N5O3. The molecule has 3 rings (SSSR count). The molecule has 29 heavy (non-hydrogen) atoms. The molecule has 8 nitrogen and oxygen atoms in total. The van der Waals surface area contributed by atoms with E-state index in [1.807, 2.05) is 31.2 Å². The van der Waals surface area contributed by atoms with Gasteiger partial charge in [-0.15, -0.1) is 0 Å². The summed E-state index contributed by atoms with van der Waals surface area (Å²) in [4.78, 5) is 26.5. The monoisotopic (exact) mass is 389 g/mol. The van der Waals surface area contributed by atoms with Gasteiger partial charge in [0.1, 0.15) is 5.82 Å². The van der Waals surface area contributed by atoms with Crippen molar-refractivity contribution in [3.05, 3.63) is 69.8 Å². The zero-order valence-corrected chi connectivity index (χ0v) is 15.8. The van der Waals surface area contributed by atoms with E-state index in [0.717, 1.165) is 17.7 Å². The molecule has 0 saturated carbocycles. The zero-order valence-electron chi connectivity index (χ0n) is 15.8. The molecule has 0 spiro atoms. The lowest BCUT2D eigenvalue weighted by Crippen LogP contribution is -2.10. The van der Waals surface area contributed by atoms with Crippen molar-refractivity contribution in [2.75, 3.05) is 10.6 Å². The van der Waals surface area contributed by atoms with Gasteiger partial charge in [-0.05, 0) is 36.2 Å². The number of amides is 1. The molecule has 1 heterocycles. The number of nitro benzene ring substituents is 1. The summed E-state index contributed by atoms with van der Waals surface area (Å²) in [6.07, 6.45) is 1.28. The van der Waals surface area contributed by atoms with E-state index in [9.17, 15) is 20.2 Å². The molecule has 0 fully saturated rings. The van der Waals surface area contributed by atoms with E-state index in [2.05, 4.69) is 21.7 Å². The van der Waals surface area contributed by atoms with Crippen LogP contribution in [0.3, 0.4) is 0 Å². The van der Waals surface area contributed by atoms with Gasteiger partial charge in [0.25, 0.3) is 5.69 Å². The summed E-state index contributed by atoms with van der Waals surface area (Å²) < 4.78 is 0. The number of hydrogen-bond donors (Lipinski definition) is 2. The lowest BCUT2D eigenvalue weighted by atomic mass is 10.1. The third kappa shape index (κ3) is 4.84. The molecule has 1 amide bonds. The minimum atomic E-state index is -0.499. The largest absolute Gasteiger partial charge is 0.366 e. The fourth-order valence-electron chi connectivity index (χ4n) is 2.86. The molecule has 2 N–H and O–H groups in total. The standard InChI is InChI=1S/C21H19N5O3/c1-2-3-21(27)24-16-6-4-14(5-7-16)13-23-20-10-15(12-22)18-11-17(26(28)29)8-9-19(18)25-20/h4-11H,2-3,13H2,1H3,(H,23,25)(H,24,27). The zero-order chi connectivity index (χ0) is 20.8. The third-order valence-electron chi connectivity index (χ3n) is 4.31. The first-order valence-corrected chi connectivity index (χ1v) is 9.12. The molecule has 0 radical (unpaired) electrons. The van der Waals surface area contributed by atoms with Gasteiger partial charge < -0.3 is 10.6 Å². The van der Waals surface area contributed by atoms with Gasteiger partial charge in [-0.25, -0.2) is 4.98 Å². The number of nitriles is 1. The average Bonchev–Trinajstić information content (AvgIpc) is 2.72. The van der Waals surface area contributed by atoms with E-state index in [1.54, 1.807) is 6.07 Å². The predicted octanol–water partition coefficient (Wildman–Crippen LogP) is 4.37. The summed E-state index contributed by atoms with van der Waals surface area (Å²) in [7, 11) is 0. The quantitative estimate of drug-likeness (QED) is 0.457. The van der Waals surface area contributed by atoms with Crippen molar-refractivity contribution in [3.63, 3.8) is 0 Å². The van der Waals surface area contributed by atoms with E-state index in [1.165, 1.54) is 18.2 Å². The van der Waals surface area contributed by atoms with Crippen LogP contribution in [0.5, 0.6) is 0 Å². The van der Waals surface area contributed by atoms with Gasteiger partial charge >= 0.3 is 0 Å². The number of nitrogens with zero attached hydrogens (tertiary/aromatic N) is 3. The lowest BCUT2D eigenvalue weighted by Gasteiger charge is -2.09. The number of fused-ring (bicyclic) bond motifs is 1. The van der Waals surface area contributed by atoms with Gasteiger partial charge in [0.05, 0.1) is 22.1 Å². The minimum Gasteiger partial charge on any atom is -0.366 e. The number of aromatic nitrogens is 1. The number of pyridine rings is 1. The van der Waals surface area contributed by atoms with Crippen LogP contribution in [0, 0.1) is 21.4 Å². The number of non-ortho nitro benzene ring substituents is 1. The van der Waals surface area contributed by atoms with Gasteiger partial charge in [0.2, 0.25) is 5.91 Å². The number of benzene rings is 2. The molecule has 0 saturated heterocycles. The maximum absolute atomic E-state index is 11.6. The summed E-state index contributed by atoms with van der Waals surface area (Å²) in [6, 6.07) is 15.4. The number of nitrogens with one attached hydrogen (secondary N) is 2. The van der Waals surface area contributed by atoms with Crippen molar-refractivity contribution >= 4 is 34.0 Å². The molecule has 0 atom stereocenters. The Labute approximate surface area is 167 Å². The van der Waals surface area contributed by atoms with Crippen LogP contribution in [-0.2, 0) is 11.3 Å². The van der Waals surface area contributed by atoms with Gasteiger partial charge in [-0.2, -0.15) is 5.26 Å². The van der Waals surface area contributed by atoms with Gasteiger partial charge in [-0.3, -0.25) is 14.9 Å². The van der Waals surface area contributed by atoms with Crippen LogP contribution >= 0.6 is 0 Å². The van der Waals surface area contributed by atoms with Crippen molar-refractivity contribution in [1.29, 1.82) is 5.26 Å². The molecule has 1 aromatic heterocycles. The number of hydrogen-bond acceptors (Lipinski definition) is 6. The van der Waals surface area contributed by atoms with Crippen LogP contribution in [0.25, 0.3) is 10.9 Å². The first-order valence-electron chi connectivity index (χ1n) is 9.12. The highest BCUT2D eigenvalue weighted by Crippen LogP contribution is 2.25. The van der Waals surface area contributed by atoms with Crippen LogP contribution < -0.4 is 10.6 Å². The van der Waals surface area contributed by atoms with Crippen LogP contribution in [0.4, 0.5) is 17.2 Å². The molecule has 0 unspecified atom stereocenters. The summed E-state index contributed by atoms with van der Waals surface area (Å²) in [5, 5.41) is 26.8. The number of rotatable bonds is 7. The highest BCUT2D eigenvalue weighted by molar-refractivity contribution is 5.90. The maximum Gasteiger partial charge on any atom is 0.270 e. The highest BCUT2D eigenvalue weighted by atomic mass is 16.6. The Kier molecular flexibility index (Phi) is 6.00. The number of nitro groups is 1. The number of carbonyl (C=O) groups is 1. The summed E-state index contributed by atoms with van der Waals surface area (Å²) >= 11 is 0. The number of carbonyl (C=O) groups excluding carboxylic acids is 1. The van der Waals surface area contributed by atoms with Crippen molar-refractivity contribution in [1.82, 2.24) is 4.98 Å². The third-order valence-corrected chi connectivity index (χ3v) is 4.31. The highest BCUT2D eigenvalue weighted by Gasteiger charge is 2.11. The second-order valence-electron chi connectivity index (χ2n) is 6.47. The average molecular weight is 389 g/mol. The smallest absolute Gasteiger partial charge is 0.270 e. The normalized spacial score (nSPS) is 10.3. The summed E-state index contributed by atoms with van der Waals surface area (Å²) in [5.41, 5.74) is 2.45. The maximum atomic E-state index is 11.6. The molecule has 0 aliphatic heterocycles. The second-order valence-corrected chi connectivity index (χ2v) is 6.47. The fourth-order valence-corrected chi connectivity index (χ4v) is 2.86. The molecule has 8 heteroatoms. The molecule has 146 valence electrons. The van der Waals surface area contributed by atoms with E-state index >= 15 is 0 Å². The van der Waals surface area contributed by atoms with E-state index in [4.69, 9.17) is 0 Å². The Balaban J connectivity index is 1.73. The van der Waals surface area contributed by atoms with Crippen molar-refractivity contribution in [2.45, 2.75) is 26.3 Å². The van der Waals surface area contributed by atoms with E-state index < -0.39 is 4.92 Å². The Bertz CT molecular complexity index is 1100. The van der Waals surface area contributed by atoms with E-state index in [0.29, 0.717) is 35.2 Å². The Morgan fingerprint density at radius 1 is 1.21 bits per heavy atom. The molecule has 0 aliphatic rings. The Morgan fingerprint density at radius 3 is 2.62 bits per heavy atom. The Morgan fingerprint density at radius 2 is 1.97 bits per heavy atom. The number of anilines is 2. The van der Waals surface area contributed by atoms with Crippen LogP contribution in [-0.4, -0.2) is 15.8 Å². The molecule has 0 bridgehead atoms. The minimum absolute atomic E-state index is 0.0111. The van der Waals surface area contributed by atoms with Crippen molar-refractivity contribution in [2.24, 2.45) is 0 Å². The SMILES string of the molecule is CCCC(=O)Nc1ccc(CNc2cc(C#N)c3cc([N+](=O)[O-])ccc3n2)cc1.